The van der Waals surface area contributed by atoms with E-state index in [1.54, 1.807) is 0 Å². The molecule has 0 saturated heterocycles. The van der Waals surface area contributed by atoms with E-state index in [-0.39, 0.29) is 0 Å². The molecule has 1 aromatic rings. The van der Waals surface area contributed by atoms with Crippen molar-refractivity contribution in [2.24, 2.45) is 7.05 Å². The van der Waals surface area contributed by atoms with Gasteiger partial charge in [0.2, 0.25) is 0 Å². The van der Waals surface area contributed by atoms with Crippen molar-refractivity contribution < 1.29 is 0 Å². The zero-order chi connectivity index (χ0) is 8.97. The van der Waals surface area contributed by atoms with Crippen molar-refractivity contribution >= 4 is 0 Å². The molecule has 2 heteroatoms. The van der Waals surface area contributed by atoms with Crippen LogP contribution >= 0.6 is 0 Å². The van der Waals surface area contributed by atoms with Crippen LogP contribution in [-0.4, -0.2) is 9.78 Å². The van der Waals surface area contributed by atoms with Gasteiger partial charge in [-0.05, 0) is 25.3 Å². The first-order valence-electron chi connectivity index (χ1n) is 4.40. The Bertz CT molecular complexity index is 261. The Balaban J connectivity index is 2.70. The lowest BCUT2D eigenvalue weighted by molar-refractivity contribution is 0.695. The van der Waals surface area contributed by atoms with Gasteiger partial charge >= 0.3 is 0 Å². The second-order valence-corrected chi connectivity index (χ2v) is 2.93. The average Bonchev–Trinajstić information content (AvgIpc) is 2.43. The van der Waals surface area contributed by atoms with Crippen LogP contribution in [0.25, 0.3) is 0 Å². The minimum Gasteiger partial charge on any atom is -0.272 e. The number of aromatic nitrogens is 2. The van der Waals surface area contributed by atoms with E-state index < -0.39 is 0 Å². The highest BCUT2D eigenvalue weighted by molar-refractivity contribution is 5.10. The van der Waals surface area contributed by atoms with Gasteiger partial charge in [-0.1, -0.05) is 13.0 Å². The summed E-state index contributed by atoms with van der Waals surface area (Å²) in [5, 5.41) is 4.36. The zero-order valence-electron chi connectivity index (χ0n) is 7.88. The van der Waals surface area contributed by atoms with Crippen molar-refractivity contribution in [3.63, 3.8) is 0 Å². The summed E-state index contributed by atoms with van der Waals surface area (Å²) in [5.41, 5.74) is 2.48. The van der Waals surface area contributed by atoms with E-state index in [9.17, 15) is 0 Å². The third kappa shape index (κ3) is 1.97. The average molecular weight is 164 g/mol. The molecule has 0 aliphatic carbocycles. The summed E-state index contributed by atoms with van der Waals surface area (Å²) < 4.78 is 1.96. The van der Waals surface area contributed by atoms with Gasteiger partial charge in [0.15, 0.2) is 0 Å². The third-order valence-corrected chi connectivity index (χ3v) is 1.99. The van der Waals surface area contributed by atoms with Crippen LogP contribution in [-0.2, 0) is 19.9 Å². The molecule has 0 radical (unpaired) electrons. The predicted molar refractivity (Wildman–Crippen MR) is 51.1 cm³/mol. The molecule has 66 valence electrons. The summed E-state index contributed by atoms with van der Waals surface area (Å²) in [7, 11) is 2.00. The Hall–Kier alpha value is -1.05. The Morgan fingerprint density at radius 3 is 2.92 bits per heavy atom. The SMILES string of the molecule is C=CCCc1cc(CC)nn1C. The maximum absolute atomic E-state index is 4.36. The summed E-state index contributed by atoms with van der Waals surface area (Å²) in [4.78, 5) is 0. The van der Waals surface area contributed by atoms with E-state index in [0.717, 1.165) is 19.3 Å². The highest BCUT2D eigenvalue weighted by Crippen LogP contribution is 2.06. The van der Waals surface area contributed by atoms with Gasteiger partial charge in [-0.15, -0.1) is 6.58 Å². The van der Waals surface area contributed by atoms with Crippen molar-refractivity contribution in [1.29, 1.82) is 0 Å². The normalized spacial score (nSPS) is 10.2. The molecule has 1 aromatic heterocycles. The minimum atomic E-state index is 1.02. The molecule has 1 rings (SSSR count). The van der Waals surface area contributed by atoms with Crippen LogP contribution in [0.4, 0.5) is 0 Å². The molecule has 0 aliphatic heterocycles. The van der Waals surface area contributed by atoms with Crippen molar-refractivity contribution in [3.05, 3.63) is 30.1 Å². The molecule has 2 nitrogen and oxygen atoms in total. The van der Waals surface area contributed by atoms with Crippen molar-refractivity contribution in [1.82, 2.24) is 9.78 Å². The molecule has 0 unspecified atom stereocenters. The molecule has 12 heavy (non-hydrogen) atoms. The van der Waals surface area contributed by atoms with E-state index in [2.05, 4.69) is 24.7 Å². The van der Waals surface area contributed by atoms with Gasteiger partial charge in [0.25, 0.3) is 0 Å². The summed E-state index contributed by atoms with van der Waals surface area (Å²) >= 11 is 0. The van der Waals surface area contributed by atoms with Crippen molar-refractivity contribution in [2.75, 3.05) is 0 Å². The first-order chi connectivity index (χ1) is 5.77. The fraction of sp³-hybridized carbons (Fsp3) is 0.500. The van der Waals surface area contributed by atoms with Crippen LogP contribution < -0.4 is 0 Å². The molecule has 0 saturated carbocycles. The van der Waals surface area contributed by atoms with Gasteiger partial charge in [0.1, 0.15) is 0 Å². The third-order valence-electron chi connectivity index (χ3n) is 1.99. The first kappa shape index (κ1) is 9.04. The fourth-order valence-electron chi connectivity index (χ4n) is 1.23. The van der Waals surface area contributed by atoms with E-state index in [4.69, 9.17) is 0 Å². The predicted octanol–water partition coefficient (Wildman–Crippen LogP) is 2.10. The number of allylic oxidation sites excluding steroid dienone is 1. The van der Waals surface area contributed by atoms with Crippen molar-refractivity contribution in [3.8, 4) is 0 Å². The van der Waals surface area contributed by atoms with E-state index in [1.165, 1.54) is 11.4 Å². The summed E-state index contributed by atoms with van der Waals surface area (Å²) in [6.07, 6.45) is 5.04. The zero-order valence-corrected chi connectivity index (χ0v) is 7.88. The monoisotopic (exact) mass is 164 g/mol. The summed E-state index contributed by atoms with van der Waals surface area (Å²) in [6, 6.07) is 2.17. The highest BCUT2D eigenvalue weighted by Gasteiger charge is 2.01. The molecular weight excluding hydrogens is 148 g/mol. The Kier molecular flexibility index (Phi) is 3.09. The Labute approximate surface area is 73.9 Å². The molecule has 0 fully saturated rings. The molecule has 0 aromatic carbocycles. The summed E-state index contributed by atoms with van der Waals surface area (Å²) in [5.74, 6) is 0. The summed E-state index contributed by atoms with van der Waals surface area (Å²) in [6.45, 7) is 5.83. The molecule has 0 aliphatic rings. The first-order valence-corrected chi connectivity index (χ1v) is 4.40. The van der Waals surface area contributed by atoms with Crippen LogP contribution in [0.2, 0.25) is 0 Å². The van der Waals surface area contributed by atoms with Gasteiger partial charge < -0.3 is 0 Å². The highest BCUT2D eigenvalue weighted by atomic mass is 15.3. The van der Waals surface area contributed by atoms with Crippen LogP contribution in [0.3, 0.4) is 0 Å². The lowest BCUT2D eigenvalue weighted by Crippen LogP contribution is -1.97. The number of hydrogen-bond donors (Lipinski definition) is 0. The molecular formula is C10H16N2. The number of aryl methyl sites for hydroxylation is 3. The Morgan fingerprint density at radius 2 is 2.42 bits per heavy atom. The number of nitrogens with zero attached hydrogens (tertiary/aromatic N) is 2. The lowest BCUT2D eigenvalue weighted by atomic mass is 10.2. The number of rotatable bonds is 4. The molecule has 0 atom stereocenters. The molecule has 0 spiro atoms. The largest absolute Gasteiger partial charge is 0.272 e. The van der Waals surface area contributed by atoms with Gasteiger partial charge in [0.05, 0.1) is 5.69 Å². The lowest BCUT2D eigenvalue weighted by Gasteiger charge is -1.96. The van der Waals surface area contributed by atoms with Crippen LogP contribution in [0.1, 0.15) is 24.7 Å². The minimum absolute atomic E-state index is 1.02. The van der Waals surface area contributed by atoms with E-state index in [0.29, 0.717) is 0 Å². The van der Waals surface area contributed by atoms with Gasteiger partial charge in [-0.2, -0.15) is 5.10 Å². The second-order valence-electron chi connectivity index (χ2n) is 2.93. The quantitative estimate of drug-likeness (QED) is 0.623. The maximum Gasteiger partial charge on any atom is 0.0624 e. The number of hydrogen-bond acceptors (Lipinski definition) is 1. The topological polar surface area (TPSA) is 17.8 Å². The fourth-order valence-corrected chi connectivity index (χ4v) is 1.23. The van der Waals surface area contributed by atoms with Gasteiger partial charge in [-0.25, -0.2) is 0 Å². The molecule has 0 amide bonds. The molecule has 1 heterocycles. The molecule has 0 bridgehead atoms. The van der Waals surface area contributed by atoms with Crippen LogP contribution in [0.5, 0.6) is 0 Å². The standard InChI is InChI=1S/C10H16N2/c1-4-6-7-10-8-9(5-2)11-12(10)3/h4,8H,1,5-7H2,2-3H3. The smallest absolute Gasteiger partial charge is 0.0624 e. The Morgan fingerprint density at radius 1 is 1.67 bits per heavy atom. The van der Waals surface area contributed by atoms with E-state index in [1.807, 2.05) is 17.8 Å². The van der Waals surface area contributed by atoms with Gasteiger partial charge in [0, 0.05) is 12.7 Å². The van der Waals surface area contributed by atoms with Crippen LogP contribution in [0.15, 0.2) is 18.7 Å². The maximum atomic E-state index is 4.36. The molecule has 0 N–H and O–H groups in total. The second kappa shape index (κ2) is 4.10. The van der Waals surface area contributed by atoms with Crippen molar-refractivity contribution in [2.45, 2.75) is 26.2 Å². The van der Waals surface area contributed by atoms with Crippen LogP contribution in [0, 0.1) is 0 Å². The van der Waals surface area contributed by atoms with E-state index >= 15 is 0 Å². The van der Waals surface area contributed by atoms with Gasteiger partial charge in [-0.3, -0.25) is 4.68 Å².